The van der Waals surface area contributed by atoms with Gasteiger partial charge in [0, 0.05) is 45.8 Å². The first-order valence-corrected chi connectivity index (χ1v) is 13.9. The van der Waals surface area contributed by atoms with E-state index in [0.717, 1.165) is 51.0 Å². The Bertz CT molecular complexity index is 1150. The predicted octanol–water partition coefficient (Wildman–Crippen LogP) is 3.19. The van der Waals surface area contributed by atoms with Gasteiger partial charge >= 0.3 is 11.9 Å². The monoisotopic (exact) mass is 607 g/mol. The van der Waals surface area contributed by atoms with Crippen LogP contribution in [0, 0.1) is 0 Å². The average Bonchev–Trinajstić information content (AvgIpc) is 2.98. The lowest BCUT2D eigenvalue weighted by Crippen LogP contribution is -2.52. The number of nitrogens with zero attached hydrogens (tertiary/aromatic N) is 3. The summed E-state index contributed by atoms with van der Waals surface area (Å²) in [5.74, 6) is -0.330. The molecule has 0 bridgehead atoms. The van der Waals surface area contributed by atoms with Crippen molar-refractivity contribution in [2.24, 2.45) is 0 Å². The molecule has 1 unspecified atom stereocenters. The highest BCUT2D eigenvalue weighted by molar-refractivity contribution is 5.89. The normalized spacial score (nSPS) is 19.2. The van der Waals surface area contributed by atoms with Gasteiger partial charge in [0.2, 0.25) is 5.91 Å². The molecule has 41 heavy (non-hydrogen) atoms. The fraction of sp³-hybridized carbons (Fsp3) is 0.500. The topological polar surface area (TPSA) is 88.6 Å². The van der Waals surface area contributed by atoms with Crippen LogP contribution in [-0.2, 0) is 25.5 Å². The molecular weight excluding hydrogens is 569 g/mol. The summed E-state index contributed by atoms with van der Waals surface area (Å²) < 4.78 is 16.4. The minimum absolute atomic E-state index is 0. The van der Waals surface area contributed by atoms with Crippen molar-refractivity contribution in [1.82, 2.24) is 14.7 Å². The van der Waals surface area contributed by atoms with Crippen molar-refractivity contribution in [2.75, 3.05) is 72.2 Å². The van der Waals surface area contributed by atoms with Crippen molar-refractivity contribution in [3.63, 3.8) is 0 Å². The van der Waals surface area contributed by atoms with Crippen molar-refractivity contribution in [3.8, 4) is 5.75 Å². The van der Waals surface area contributed by atoms with Crippen molar-refractivity contribution >= 4 is 42.7 Å². The van der Waals surface area contributed by atoms with Gasteiger partial charge in [-0.2, -0.15) is 0 Å². The van der Waals surface area contributed by atoms with Crippen LogP contribution < -0.4 is 4.74 Å². The molecular formula is C30H39Cl2N3O6. The maximum absolute atomic E-state index is 12.8. The molecule has 224 valence electrons. The summed E-state index contributed by atoms with van der Waals surface area (Å²) in [6.45, 7) is 7.27. The molecule has 3 aliphatic rings. The molecule has 2 aromatic rings. The van der Waals surface area contributed by atoms with Crippen molar-refractivity contribution in [2.45, 2.75) is 25.2 Å². The second-order valence-electron chi connectivity index (χ2n) is 10.3. The third-order valence-corrected chi connectivity index (χ3v) is 7.79. The molecule has 2 saturated heterocycles. The largest absolute Gasteiger partial charge is 0.461 e. The number of fused-ring (bicyclic) bond motifs is 1. The Morgan fingerprint density at radius 2 is 1.54 bits per heavy atom. The van der Waals surface area contributed by atoms with Gasteiger partial charge in [0.25, 0.3) is 0 Å². The molecule has 2 fully saturated rings. The van der Waals surface area contributed by atoms with E-state index in [-0.39, 0.29) is 42.6 Å². The number of ether oxygens (including phenoxy) is 3. The van der Waals surface area contributed by atoms with Crippen molar-refractivity contribution in [3.05, 3.63) is 65.2 Å². The summed E-state index contributed by atoms with van der Waals surface area (Å²) in [6, 6.07) is 14.6. The molecule has 1 aliphatic carbocycles. The van der Waals surface area contributed by atoms with Crippen LogP contribution in [0.1, 0.15) is 40.2 Å². The Hall–Kier alpha value is -2.69. The van der Waals surface area contributed by atoms with Crippen molar-refractivity contribution < 1.29 is 28.6 Å². The first-order chi connectivity index (χ1) is 19.1. The van der Waals surface area contributed by atoms with Gasteiger partial charge in [-0.3, -0.25) is 19.4 Å². The van der Waals surface area contributed by atoms with Crippen LogP contribution in [0.3, 0.4) is 0 Å². The van der Waals surface area contributed by atoms with E-state index in [9.17, 15) is 14.4 Å². The number of carbonyl (C=O) groups excluding carboxylic acids is 3. The molecule has 2 aliphatic heterocycles. The first-order valence-electron chi connectivity index (χ1n) is 13.9. The summed E-state index contributed by atoms with van der Waals surface area (Å²) in [7, 11) is 0. The van der Waals surface area contributed by atoms with Gasteiger partial charge in [0.1, 0.15) is 12.4 Å². The first kappa shape index (κ1) is 32.8. The predicted molar refractivity (Wildman–Crippen MR) is 159 cm³/mol. The van der Waals surface area contributed by atoms with Crippen LogP contribution in [0.5, 0.6) is 5.75 Å². The highest BCUT2D eigenvalue weighted by Crippen LogP contribution is 2.32. The summed E-state index contributed by atoms with van der Waals surface area (Å²) in [5.41, 5.74) is 2.69. The third kappa shape index (κ3) is 8.90. The second kappa shape index (κ2) is 16.1. The van der Waals surface area contributed by atoms with Crippen molar-refractivity contribution in [1.29, 1.82) is 0 Å². The summed E-state index contributed by atoms with van der Waals surface area (Å²) >= 11 is 0. The molecule has 2 aromatic carbocycles. The SMILES string of the molecule is Cl.Cl.O=C(OCCN1CCN(CC(=O)N2CCOCC2)CC1)c1ccc(OC(=O)C2CCCc3ccccc32)cc1. The van der Waals surface area contributed by atoms with E-state index in [1.165, 1.54) is 5.56 Å². The molecule has 1 atom stereocenters. The minimum Gasteiger partial charge on any atom is -0.461 e. The maximum atomic E-state index is 12.8. The number of hydrogen-bond acceptors (Lipinski definition) is 8. The smallest absolute Gasteiger partial charge is 0.338 e. The van der Waals surface area contributed by atoms with Crippen LogP contribution in [0.2, 0.25) is 0 Å². The number of piperazine rings is 1. The van der Waals surface area contributed by atoms with E-state index in [4.69, 9.17) is 14.2 Å². The maximum Gasteiger partial charge on any atom is 0.338 e. The highest BCUT2D eigenvalue weighted by Gasteiger charge is 2.28. The third-order valence-electron chi connectivity index (χ3n) is 7.79. The Kier molecular flexibility index (Phi) is 12.9. The highest BCUT2D eigenvalue weighted by atomic mass is 35.5. The average molecular weight is 609 g/mol. The van der Waals surface area contributed by atoms with Crippen LogP contribution in [0.15, 0.2) is 48.5 Å². The summed E-state index contributed by atoms with van der Waals surface area (Å²) in [4.78, 5) is 44.1. The lowest BCUT2D eigenvalue weighted by atomic mass is 9.83. The molecule has 11 heteroatoms. The molecule has 9 nitrogen and oxygen atoms in total. The van der Waals surface area contributed by atoms with Crippen LogP contribution in [-0.4, -0.2) is 105 Å². The van der Waals surface area contributed by atoms with E-state index in [1.807, 2.05) is 23.1 Å². The number of hydrogen-bond donors (Lipinski definition) is 0. The molecule has 5 rings (SSSR count). The molecule has 0 N–H and O–H groups in total. The summed E-state index contributed by atoms with van der Waals surface area (Å²) in [6.07, 6.45) is 2.73. The fourth-order valence-electron chi connectivity index (χ4n) is 5.47. The fourth-order valence-corrected chi connectivity index (χ4v) is 5.47. The van der Waals surface area contributed by atoms with Crippen LogP contribution in [0.4, 0.5) is 0 Å². The van der Waals surface area contributed by atoms with Gasteiger partial charge in [-0.1, -0.05) is 24.3 Å². The molecule has 0 aromatic heterocycles. The zero-order valence-corrected chi connectivity index (χ0v) is 24.8. The van der Waals surface area contributed by atoms with Gasteiger partial charge in [-0.05, 0) is 54.7 Å². The van der Waals surface area contributed by atoms with Gasteiger partial charge in [0.15, 0.2) is 0 Å². The van der Waals surface area contributed by atoms with E-state index < -0.39 is 5.97 Å². The van der Waals surface area contributed by atoms with E-state index in [2.05, 4.69) is 15.9 Å². The van der Waals surface area contributed by atoms with Gasteiger partial charge < -0.3 is 19.1 Å². The number of amides is 1. The summed E-state index contributed by atoms with van der Waals surface area (Å²) in [5, 5.41) is 0. The van der Waals surface area contributed by atoms with Gasteiger partial charge in [-0.15, -0.1) is 24.8 Å². The zero-order valence-electron chi connectivity index (χ0n) is 23.2. The molecule has 2 heterocycles. The number of benzene rings is 2. The Balaban J connectivity index is 0.00000231. The van der Waals surface area contributed by atoms with E-state index in [0.29, 0.717) is 57.3 Å². The lowest BCUT2D eigenvalue weighted by Gasteiger charge is -2.35. The molecule has 0 radical (unpaired) electrons. The Morgan fingerprint density at radius 1 is 0.854 bits per heavy atom. The Morgan fingerprint density at radius 3 is 2.27 bits per heavy atom. The minimum atomic E-state index is -0.399. The lowest BCUT2D eigenvalue weighted by molar-refractivity contribution is -0.137. The number of rotatable bonds is 8. The Labute approximate surface area is 253 Å². The number of morpholine rings is 1. The second-order valence-corrected chi connectivity index (χ2v) is 10.3. The van der Waals surface area contributed by atoms with Gasteiger partial charge in [0.05, 0.1) is 31.2 Å². The number of carbonyl (C=O) groups is 3. The number of halogens is 2. The van der Waals surface area contributed by atoms with E-state index in [1.54, 1.807) is 24.3 Å². The molecule has 1 amide bonds. The van der Waals surface area contributed by atoms with Crippen LogP contribution in [0.25, 0.3) is 0 Å². The standard InChI is InChI=1S/C30H37N3O6.2ClH/c34-28(33-17-19-37-20-18-33)22-32-14-12-31(13-15-32)16-21-38-29(35)24-8-10-25(11-9-24)39-30(36)27-7-3-5-23-4-1-2-6-26(23)27;;/h1-2,4,6,8-11,27H,3,5,7,12-22H2;2*1H. The quantitative estimate of drug-likeness (QED) is 0.334. The van der Waals surface area contributed by atoms with E-state index >= 15 is 0 Å². The number of esters is 2. The molecule has 0 spiro atoms. The zero-order chi connectivity index (χ0) is 27.0. The van der Waals surface area contributed by atoms with Crippen LogP contribution >= 0.6 is 24.8 Å². The number of aryl methyl sites for hydroxylation is 1. The molecule has 0 saturated carbocycles. The van der Waals surface area contributed by atoms with Gasteiger partial charge in [-0.25, -0.2) is 4.79 Å².